The maximum atomic E-state index is 12.1. The van der Waals surface area contributed by atoms with Crippen LogP contribution in [0.4, 0.5) is 19.2 Å². The average molecular weight is 2000 g/mol. The van der Waals surface area contributed by atoms with Crippen LogP contribution >= 0.6 is 11.8 Å². The van der Waals surface area contributed by atoms with Crippen molar-refractivity contribution in [3.63, 3.8) is 0 Å². The molecule has 7 aromatic carbocycles. The number of esters is 3. The Hall–Kier alpha value is -11.5. The SMILES string of the molecule is C1CCOC1.C1CCOC1.CCC(CC)CO.CCC(CC)COc1cccc(O[C@H](C)CNC(=O)OC(C)(C)C)c1.CCC(CC)COc1cccc(O[C@H](C)CNCl)c1.CCOC(C)=O.C[C@H](CNC(=O)OC(C)(C)C)Oc1cccc(O)c1.C[C@H](CNC(=O)OC(C)(C)C)Oc1cccc(OC(=O)c2ccccc2)c1.C[C@H](O)CNC(=O)OC(C)(C)C.O=C(Oc1cccc(O)c1)c1ccccc1. The quantitative estimate of drug-likeness (QED) is 0.00762. The van der Waals surface area contributed by atoms with Gasteiger partial charge in [0.05, 0.1) is 56.7 Å². The number of phenols is 2. The summed E-state index contributed by atoms with van der Waals surface area (Å²) in [5, 5.41) is 46.3. The molecule has 792 valence electrons. The molecule has 4 amide bonds. The highest BCUT2D eigenvalue weighted by Gasteiger charge is 2.22. The summed E-state index contributed by atoms with van der Waals surface area (Å²) in [6.07, 6.45) is 8.70. The maximum Gasteiger partial charge on any atom is 0.407 e. The summed E-state index contributed by atoms with van der Waals surface area (Å²) in [5.74, 6) is 5.84. The molecule has 0 spiro atoms. The number of alkyl carbamates (subject to hydrolysis) is 4. The number of carbonyl (C=O) groups excluding carboxylic acids is 7. The number of rotatable bonds is 36. The van der Waals surface area contributed by atoms with E-state index in [2.05, 4.69) is 72.4 Å². The number of benzene rings is 7. The van der Waals surface area contributed by atoms with Gasteiger partial charge in [0.25, 0.3) is 0 Å². The third-order valence-corrected chi connectivity index (χ3v) is 18.8. The summed E-state index contributed by atoms with van der Waals surface area (Å²) in [6.45, 7) is 55.0. The van der Waals surface area contributed by atoms with Gasteiger partial charge in [0.2, 0.25) is 0 Å². The largest absolute Gasteiger partial charge is 0.508 e. The van der Waals surface area contributed by atoms with Crippen molar-refractivity contribution in [2.45, 2.75) is 290 Å². The second kappa shape index (κ2) is 75.4. The Morgan fingerprint density at radius 1 is 0.362 bits per heavy atom. The van der Waals surface area contributed by atoms with E-state index in [1.165, 1.54) is 50.8 Å². The van der Waals surface area contributed by atoms with Gasteiger partial charge in [0, 0.05) is 83.4 Å². The molecule has 0 bridgehead atoms. The Bertz CT molecular complexity index is 4420. The predicted octanol–water partition coefficient (Wildman–Crippen LogP) is 22.8. The number of hydrogen-bond donors (Lipinski definition) is 9. The summed E-state index contributed by atoms with van der Waals surface area (Å²) < 4.78 is 79.7. The predicted molar refractivity (Wildman–Crippen MR) is 554 cm³/mol. The molecule has 9 rings (SSSR count). The Morgan fingerprint density at radius 3 is 0.879 bits per heavy atom. The first-order valence-electron chi connectivity index (χ1n) is 48.7. The van der Waals surface area contributed by atoms with Crippen LogP contribution in [0.1, 0.15) is 258 Å². The molecule has 2 saturated heterocycles. The van der Waals surface area contributed by atoms with Gasteiger partial charge < -0.3 is 113 Å². The van der Waals surface area contributed by atoms with E-state index < -0.39 is 64.8 Å². The van der Waals surface area contributed by atoms with Crippen LogP contribution in [-0.2, 0) is 38.0 Å². The molecule has 0 aliphatic carbocycles. The molecule has 141 heavy (non-hydrogen) atoms. The molecule has 7 aromatic rings. The molecular weight excluding hydrogens is 1830 g/mol. The lowest BCUT2D eigenvalue weighted by Crippen LogP contribution is -2.37. The first-order valence-corrected chi connectivity index (χ1v) is 49.1. The van der Waals surface area contributed by atoms with Crippen LogP contribution in [0.15, 0.2) is 182 Å². The Balaban J connectivity index is 0.00000161. The fourth-order valence-corrected chi connectivity index (χ4v) is 11.3. The van der Waals surface area contributed by atoms with Crippen molar-refractivity contribution in [2.75, 3.05) is 85.6 Å². The van der Waals surface area contributed by atoms with Crippen molar-refractivity contribution < 1.29 is 125 Å². The van der Waals surface area contributed by atoms with Crippen LogP contribution in [0.25, 0.3) is 0 Å². The summed E-state index contributed by atoms with van der Waals surface area (Å²) in [7, 11) is 0. The highest BCUT2D eigenvalue weighted by Crippen LogP contribution is 2.27. The maximum absolute atomic E-state index is 12.1. The lowest BCUT2D eigenvalue weighted by molar-refractivity contribution is -0.140. The second-order valence-corrected chi connectivity index (χ2v) is 37.0. The number of ether oxygens (including phenoxy) is 15. The van der Waals surface area contributed by atoms with E-state index in [1.807, 2.05) is 109 Å². The van der Waals surface area contributed by atoms with E-state index in [9.17, 15) is 43.8 Å². The number of nitrogens with one attached hydrogen (secondary N) is 5. The fourth-order valence-electron chi connectivity index (χ4n) is 11.1. The smallest absolute Gasteiger partial charge is 0.407 e. The number of hydrogen-bond acceptors (Lipinski definition) is 27. The monoisotopic (exact) mass is 2000 g/mol. The molecule has 31 nitrogen and oxygen atoms in total. The summed E-state index contributed by atoms with van der Waals surface area (Å²) in [5.41, 5.74) is -1.10. The van der Waals surface area contributed by atoms with E-state index >= 15 is 0 Å². The number of aromatic hydroxyl groups is 2. The van der Waals surface area contributed by atoms with Crippen molar-refractivity contribution in [2.24, 2.45) is 17.8 Å². The molecule has 0 unspecified atom stereocenters. The van der Waals surface area contributed by atoms with Crippen LogP contribution in [0.3, 0.4) is 0 Å². The van der Waals surface area contributed by atoms with Gasteiger partial charge in [-0.25, -0.2) is 33.6 Å². The molecule has 0 aromatic heterocycles. The summed E-state index contributed by atoms with van der Waals surface area (Å²) in [4.78, 5) is 81.8. The van der Waals surface area contributed by atoms with E-state index in [1.54, 1.807) is 179 Å². The molecule has 2 heterocycles. The Labute approximate surface area is 844 Å². The zero-order chi connectivity index (χ0) is 106. The van der Waals surface area contributed by atoms with Crippen LogP contribution in [0, 0.1) is 17.8 Å². The van der Waals surface area contributed by atoms with Gasteiger partial charge in [-0.05, 0) is 265 Å². The Kier molecular flexibility index (Phi) is 69.2. The molecule has 2 aliphatic heterocycles. The first kappa shape index (κ1) is 130. The number of aliphatic hydroxyl groups excluding tert-OH is 2. The van der Waals surface area contributed by atoms with Crippen molar-refractivity contribution in [1.82, 2.24) is 26.1 Å². The lowest BCUT2D eigenvalue weighted by Gasteiger charge is -2.21. The first-order chi connectivity index (χ1) is 66.6. The van der Waals surface area contributed by atoms with Gasteiger partial charge in [-0.1, -0.05) is 147 Å². The second-order valence-electron chi connectivity index (χ2n) is 36.8. The number of amides is 4. The lowest BCUT2D eigenvalue weighted by atomic mass is 10.1. The molecular formula is C109H168ClN5O26. The van der Waals surface area contributed by atoms with Crippen LogP contribution in [0.2, 0.25) is 0 Å². The van der Waals surface area contributed by atoms with Gasteiger partial charge >= 0.3 is 42.3 Å². The van der Waals surface area contributed by atoms with Gasteiger partial charge in [-0.15, -0.1) is 0 Å². The van der Waals surface area contributed by atoms with Gasteiger partial charge in [-0.3, -0.25) is 4.79 Å². The minimum atomic E-state index is -0.550. The molecule has 2 aliphatic rings. The number of carbonyl (C=O) groups is 7. The highest BCUT2D eigenvalue weighted by molar-refractivity contribution is 6.13. The normalized spacial score (nSPS) is 12.7. The molecule has 0 radical (unpaired) electrons. The average Bonchev–Trinajstić information content (AvgIpc) is 1.43. The number of aliphatic hydroxyl groups is 2. The topological polar surface area (TPSA) is 399 Å². The van der Waals surface area contributed by atoms with E-state index in [0.29, 0.717) is 91.3 Å². The number of halogens is 1. The standard InChI is InChI=1S/C21H25NO5.C20H33NO4.C15H24ClNO2.C14H21NO4.C13H10O3.C8H17NO3.C6H14O.C4H8O2.2C4H8O/c1-15(14-22-20(24)27-21(2,3)4)25-17-11-8-12-18(13-17)26-19(23)16-9-6-5-7-10-16;1-7-16(8-2)14-23-17-10-9-11-18(12-17)24-15(3)13-21-19(22)25-20(4,5)6;1-4-13(5-2)11-18-14-7-6-8-15(9-14)19-12(3)10-17-16;1-10(9-15-13(17)19-14(2,3)4)18-12-7-5-6-11(16)8-12;14-11-7-4-8-12(9-11)16-13(15)10-5-2-1-3-6-10;1-6(10)5-9-7(11)12-8(2,3)4;1-3-6(4-2)5-7;1-3-6-4(2)5;2*1-2-4-5-3-1/h5-13,15H,14H2,1-4H3,(H,22,24);9-12,15-16H,7-8,13-14H2,1-6H3,(H,21,22);6-9,12-13,17H,4-5,10-11H2,1-3H3;5-8,10,16H,9H2,1-4H3,(H,15,17);1-9,14H;6,10H,5H2,1-4H3,(H,9,11);6-7H,3-5H2,1-2H3;3H2,1-2H3;2*1-4H2/t2*15-;12-;10-;;6-;;;;/m1111.0..../s1. The van der Waals surface area contributed by atoms with Crippen LogP contribution in [0.5, 0.6) is 57.5 Å². The van der Waals surface area contributed by atoms with Crippen molar-refractivity contribution in [3.8, 4) is 57.5 Å². The van der Waals surface area contributed by atoms with Gasteiger partial charge in [-0.2, -0.15) is 0 Å². The van der Waals surface area contributed by atoms with Crippen LogP contribution in [-0.4, -0.2) is 201 Å². The van der Waals surface area contributed by atoms with E-state index in [-0.39, 0.29) is 55.0 Å². The minimum absolute atomic E-state index is 0.0202. The highest BCUT2D eigenvalue weighted by atomic mass is 35.5. The number of phenolic OH excluding ortho intramolecular Hbond substituents is 2. The molecule has 5 atom stereocenters. The summed E-state index contributed by atoms with van der Waals surface area (Å²) >= 11 is 5.46. The van der Waals surface area contributed by atoms with Gasteiger partial charge in [0.1, 0.15) is 104 Å². The zero-order valence-electron chi connectivity index (χ0n) is 88.4. The van der Waals surface area contributed by atoms with Crippen molar-refractivity contribution >= 4 is 54.1 Å². The Morgan fingerprint density at radius 2 is 0.631 bits per heavy atom. The fraction of sp³-hybridized carbons (Fsp3) is 0.550. The van der Waals surface area contributed by atoms with Gasteiger partial charge in [0.15, 0.2) is 0 Å². The summed E-state index contributed by atoms with van der Waals surface area (Å²) in [6, 6.07) is 52.2. The minimum Gasteiger partial charge on any atom is -0.508 e. The molecule has 2 fully saturated rings. The molecule has 32 heteroatoms. The van der Waals surface area contributed by atoms with E-state index in [4.69, 9.17) is 88.3 Å². The van der Waals surface area contributed by atoms with Crippen molar-refractivity contribution in [3.05, 3.63) is 193 Å². The van der Waals surface area contributed by atoms with Crippen molar-refractivity contribution in [1.29, 1.82) is 0 Å². The van der Waals surface area contributed by atoms with E-state index in [0.717, 1.165) is 94.6 Å². The molecule has 0 saturated carbocycles. The molecule has 9 N–H and O–H groups in total. The zero-order valence-corrected chi connectivity index (χ0v) is 89.1. The third-order valence-electron chi connectivity index (χ3n) is 18.6. The third kappa shape index (κ3) is 74.2. The van der Waals surface area contributed by atoms with Crippen LogP contribution < -0.4 is 64.0 Å².